The summed E-state index contributed by atoms with van der Waals surface area (Å²) in [6.07, 6.45) is 6.31. The largest absolute Gasteiger partial charge is 0.381 e. The van der Waals surface area contributed by atoms with E-state index in [1.54, 1.807) is 29.9 Å². The monoisotopic (exact) mass is 538 g/mol. The molecule has 1 saturated heterocycles. The smallest absolute Gasteiger partial charge is 0.260 e. The van der Waals surface area contributed by atoms with E-state index in [0.29, 0.717) is 51.0 Å². The number of hydrogen-bond acceptors (Lipinski definition) is 9. The second kappa shape index (κ2) is 10.4. The fourth-order valence-electron chi connectivity index (χ4n) is 4.39. The van der Waals surface area contributed by atoms with Crippen LogP contribution in [0.4, 0.5) is 21.6 Å². The predicted molar refractivity (Wildman–Crippen MR) is 143 cm³/mol. The van der Waals surface area contributed by atoms with Gasteiger partial charge in [-0.1, -0.05) is 0 Å². The number of carbonyl (C=O) groups excluding carboxylic acids is 2. The van der Waals surface area contributed by atoms with Gasteiger partial charge in [0.2, 0.25) is 5.91 Å². The Morgan fingerprint density at radius 2 is 1.92 bits per heavy atom. The standard InChI is InChI=1S/C25H27FN8O3S/c1-13-9-33(10-14(2)37-13)12-22(35)31-17-5-20(15(3)28-7-17)32-24(36)18-8-30-34-11-21(38-25(18)34)16-4-19(26)23(27)29-6-16/h4-8,11,13-14H,9-10,12H2,1-3H3,(H2,27,29)(H,31,35)(H,32,36)/t13-,14-/m0/s1. The van der Waals surface area contributed by atoms with Crippen LogP contribution in [0, 0.1) is 12.7 Å². The Morgan fingerprint density at radius 3 is 2.66 bits per heavy atom. The number of pyridine rings is 2. The van der Waals surface area contributed by atoms with E-state index in [-0.39, 0.29) is 36.4 Å². The highest BCUT2D eigenvalue weighted by Crippen LogP contribution is 2.31. The molecule has 2 atom stereocenters. The summed E-state index contributed by atoms with van der Waals surface area (Å²) in [6, 6.07) is 2.97. The van der Waals surface area contributed by atoms with Crippen molar-refractivity contribution >= 4 is 45.2 Å². The minimum atomic E-state index is -0.615. The summed E-state index contributed by atoms with van der Waals surface area (Å²) >= 11 is 1.28. The number of amides is 2. The zero-order valence-corrected chi connectivity index (χ0v) is 21.9. The average Bonchev–Trinajstić information content (AvgIpc) is 3.43. The molecule has 1 fully saturated rings. The summed E-state index contributed by atoms with van der Waals surface area (Å²) in [4.78, 5) is 37.3. The van der Waals surface area contributed by atoms with Crippen LogP contribution in [0.3, 0.4) is 0 Å². The fourth-order valence-corrected chi connectivity index (χ4v) is 5.43. The molecule has 11 nitrogen and oxygen atoms in total. The Hall–Kier alpha value is -3.94. The highest BCUT2D eigenvalue weighted by molar-refractivity contribution is 7.21. The van der Waals surface area contributed by atoms with Crippen molar-refractivity contribution in [3.8, 4) is 10.4 Å². The summed E-state index contributed by atoms with van der Waals surface area (Å²) in [6.45, 7) is 7.33. The highest BCUT2D eigenvalue weighted by atomic mass is 32.1. The number of fused-ring (bicyclic) bond motifs is 1. The molecule has 0 saturated carbocycles. The normalized spacial score (nSPS) is 18.0. The summed E-state index contributed by atoms with van der Waals surface area (Å²) in [7, 11) is 0. The third-order valence-corrected chi connectivity index (χ3v) is 7.24. The van der Waals surface area contributed by atoms with E-state index >= 15 is 0 Å². The second-order valence-corrected chi connectivity index (χ2v) is 10.3. The van der Waals surface area contributed by atoms with Crippen LogP contribution in [0.15, 0.2) is 36.9 Å². The Labute approximate surface area is 221 Å². The average molecular weight is 539 g/mol. The molecule has 1 aliphatic rings. The van der Waals surface area contributed by atoms with Crippen LogP contribution in [-0.4, -0.2) is 68.1 Å². The first-order chi connectivity index (χ1) is 18.2. The maximum Gasteiger partial charge on any atom is 0.260 e. The summed E-state index contributed by atoms with van der Waals surface area (Å²) in [5, 5.41) is 9.97. The van der Waals surface area contributed by atoms with Gasteiger partial charge in [-0.05, 0) is 32.9 Å². The van der Waals surface area contributed by atoms with Gasteiger partial charge in [0.15, 0.2) is 11.6 Å². The Kier molecular flexibility index (Phi) is 7.06. The SMILES string of the molecule is Cc1ncc(NC(=O)CN2C[C@H](C)O[C@@H](C)C2)cc1NC(=O)c1cnn2cc(-c3cnc(N)c(F)c3)sc12. The lowest BCUT2D eigenvalue weighted by Crippen LogP contribution is -2.48. The molecule has 4 N–H and O–H groups in total. The number of anilines is 3. The minimum Gasteiger partial charge on any atom is -0.381 e. The lowest BCUT2D eigenvalue weighted by molar-refractivity contribution is -0.121. The van der Waals surface area contributed by atoms with Gasteiger partial charge in [0.1, 0.15) is 4.83 Å². The van der Waals surface area contributed by atoms with E-state index in [1.165, 1.54) is 29.8 Å². The van der Waals surface area contributed by atoms with Gasteiger partial charge in [-0.3, -0.25) is 19.5 Å². The quantitative estimate of drug-likeness (QED) is 0.340. The molecule has 4 aromatic rings. The van der Waals surface area contributed by atoms with E-state index < -0.39 is 5.82 Å². The molecule has 0 aliphatic carbocycles. The van der Waals surface area contributed by atoms with E-state index in [1.807, 2.05) is 18.7 Å². The number of morpholine rings is 1. The summed E-state index contributed by atoms with van der Waals surface area (Å²) in [5.74, 6) is -1.36. The van der Waals surface area contributed by atoms with Gasteiger partial charge in [-0.15, -0.1) is 11.3 Å². The first kappa shape index (κ1) is 25.7. The summed E-state index contributed by atoms with van der Waals surface area (Å²) in [5.41, 5.74) is 7.87. The van der Waals surface area contributed by atoms with Crippen molar-refractivity contribution in [2.24, 2.45) is 0 Å². The molecule has 2 amide bonds. The zero-order valence-electron chi connectivity index (χ0n) is 21.1. The molecule has 0 spiro atoms. The molecule has 0 aromatic carbocycles. The molecular weight excluding hydrogens is 511 g/mol. The van der Waals surface area contributed by atoms with Crippen molar-refractivity contribution in [1.29, 1.82) is 0 Å². The number of ether oxygens (including phenoxy) is 1. The third-order valence-electron chi connectivity index (χ3n) is 6.08. The molecule has 5 rings (SSSR count). The molecule has 38 heavy (non-hydrogen) atoms. The molecule has 0 unspecified atom stereocenters. The number of hydrogen-bond donors (Lipinski definition) is 3. The molecule has 4 aromatic heterocycles. The number of aromatic nitrogens is 4. The number of carbonyl (C=O) groups is 2. The molecular formula is C25H27FN8O3S. The molecule has 0 radical (unpaired) electrons. The second-order valence-electron chi connectivity index (χ2n) is 9.31. The molecule has 13 heteroatoms. The number of nitrogens with one attached hydrogen (secondary N) is 2. The lowest BCUT2D eigenvalue weighted by Gasteiger charge is -2.34. The maximum absolute atomic E-state index is 13.9. The number of halogens is 1. The molecule has 1 aliphatic heterocycles. The van der Waals surface area contributed by atoms with Crippen molar-refractivity contribution in [3.05, 3.63) is 54.0 Å². The van der Waals surface area contributed by atoms with E-state index in [2.05, 4.69) is 25.7 Å². The molecule has 198 valence electrons. The van der Waals surface area contributed by atoms with Crippen molar-refractivity contribution < 1.29 is 18.7 Å². The minimum absolute atomic E-state index is 0.0634. The Balaban J connectivity index is 1.29. The van der Waals surface area contributed by atoms with Crippen molar-refractivity contribution in [3.63, 3.8) is 0 Å². The van der Waals surface area contributed by atoms with Crippen LogP contribution < -0.4 is 16.4 Å². The van der Waals surface area contributed by atoms with Gasteiger partial charge in [0.05, 0.1) is 58.7 Å². The van der Waals surface area contributed by atoms with Crippen LogP contribution in [0.5, 0.6) is 0 Å². The van der Waals surface area contributed by atoms with Gasteiger partial charge in [-0.2, -0.15) is 5.10 Å². The predicted octanol–water partition coefficient (Wildman–Crippen LogP) is 3.18. The van der Waals surface area contributed by atoms with Gasteiger partial charge in [0, 0.05) is 31.0 Å². The maximum atomic E-state index is 13.9. The Morgan fingerprint density at radius 1 is 1.16 bits per heavy atom. The van der Waals surface area contributed by atoms with E-state index in [0.717, 1.165) is 0 Å². The van der Waals surface area contributed by atoms with Gasteiger partial charge >= 0.3 is 0 Å². The number of nitrogens with zero attached hydrogens (tertiary/aromatic N) is 5. The topological polar surface area (TPSA) is 140 Å². The van der Waals surface area contributed by atoms with Crippen LogP contribution >= 0.6 is 11.3 Å². The highest BCUT2D eigenvalue weighted by Gasteiger charge is 2.24. The molecule has 0 bridgehead atoms. The first-order valence-electron chi connectivity index (χ1n) is 12.0. The summed E-state index contributed by atoms with van der Waals surface area (Å²) < 4.78 is 21.2. The van der Waals surface area contributed by atoms with E-state index in [9.17, 15) is 14.0 Å². The van der Waals surface area contributed by atoms with Crippen LogP contribution in [0.25, 0.3) is 15.3 Å². The number of aryl methyl sites for hydroxylation is 1. The van der Waals surface area contributed by atoms with Crippen LogP contribution in [0.2, 0.25) is 0 Å². The number of nitrogen functional groups attached to an aromatic ring is 1. The number of thiazole rings is 1. The number of nitrogens with two attached hydrogens (primary N) is 1. The zero-order chi connectivity index (χ0) is 27.0. The Bertz CT molecular complexity index is 1510. The first-order valence-corrected chi connectivity index (χ1v) is 12.8. The van der Waals surface area contributed by atoms with Gasteiger partial charge in [-0.25, -0.2) is 13.9 Å². The fraction of sp³-hybridized carbons (Fsp3) is 0.320. The third kappa shape index (κ3) is 5.49. The van der Waals surface area contributed by atoms with Crippen molar-refractivity contribution in [2.45, 2.75) is 33.0 Å². The van der Waals surface area contributed by atoms with E-state index in [4.69, 9.17) is 10.5 Å². The van der Waals surface area contributed by atoms with Crippen molar-refractivity contribution in [2.75, 3.05) is 36.0 Å². The lowest BCUT2D eigenvalue weighted by atomic mass is 10.2. The number of rotatable bonds is 6. The van der Waals surface area contributed by atoms with Crippen LogP contribution in [0.1, 0.15) is 29.9 Å². The molecule has 5 heterocycles. The van der Waals surface area contributed by atoms with Crippen molar-refractivity contribution in [1.82, 2.24) is 24.5 Å². The van der Waals surface area contributed by atoms with Crippen LogP contribution in [-0.2, 0) is 9.53 Å². The van der Waals surface area contributed by atoms with Gasteiger partial charge < -0.3 is 21.1 Å². The van der Waals surface area contributed by atoms with Gasteiger partial charge in [0.25, 0.3) is 5.91 Å².